The van der Waals surface area contributed by atoms with E-state index in [4.69, 9.17) is 0 Å². The molecule has 1 aliphatic heterocycles. The fourth-order valence-electron chi connectivity index (χ4n) is 0.903. The summed E-state index contributed by atoms with van der Waals surface area (Å²) in [7, 11) is -3.60. The molecule has 1 unspecified atom stereocenters. The second kappa shape index (κ2) is 3.93. The Balaban J connectivity index is 2.44. The molecule has 1 fully saturated rings. The highest BCUT2D eigenvalue weighted by Crippen LogP contribution is 2.09. The highest BCUT2D eigenvalue weighted by atomic mass is 32.2. The van der Waals surface area contributed by atoms with Crippen LogP contribution in [0.25, 0.3) is 0 Å². The molecular weight excluding hydrogens is 200 g/mol. The number of hydrogen-bond donors (Lipinski definition) is 0. The molecule has 1 rings (SSSR count). The Morgan fingerprint density at radius 2 is 2.31 bits per heavy atom. The molecule has 0 spiro atoms. The minimum absolute atomic E-state index is 0.0366. The van der Waals surface area contributed by atoms with Gasteiger partial charge in [-0.05, 0) is 6.92 Å². The number of rotatable bonds is 4. The normalized spacial score (nSPS) is 22.5. The van der Waals surface area contributed by atoms with E-state index in [2.05, 4.69) is 13.7 Å². The molecule has 1 aliphatic rings. The first-order chi connectivity index (χ1) is 6.03. The molecule has 0 aromatic heterocycles. The first-order valence-corrected chi connectivity index (χ1v) is 5.32. The molecule has 0 bridgehead atoms. The van der Waals surface area contributed by atoms with E-state index >= 15 is 0 Å². The van der Waals surface area contributed by atoms with Crippen molar-refractivity contribution < 1.29 is 26.9 Å². The Kier molecular flexibility index (Phi) is 3.10. The van der Waals surface area contributed by atoms with E-state index in [0.29, 0.717) is 0 Å². The zero-order valence-corrected chi connectivity index (χ0v) is 7.87. The summed E-state index contributed by atoms with van der Waals surface area (Å²) in [6.07, 6.45) is -1.58. The van der Waals surface area contributed by atoms with Crippen molar-refractivity contribution in [1.29, 1.82) is 0 Å². The minimum Gasteiger partial charge on any atom is -0.430 e. The molecule has 0 aliphatic carbocycles. The molecule has 1 saturated heterocycles. The monoisotopic (exact) mass is 210 g/mol. The zero-order chi connectivity index (χ0) is 9.90. The lowest BCUT2D eigenvalue weighted by atomic mass is 10.4. The zero-order valence-electron chi connectivity index (χ0n) is 7.06. The third kappa shape index (κ3) is 3.19. The van der Waals surface area contributed by atoms with E-state index in [-0.39, 0.29) is 19.0 Å². The van der Waals surface area contributed by atoms with Crippen molar-refractivity contribution in [2.75, 3.05) is 19.0 Å². The van der Waals surface area contributed by atoms with Crippen LogP contribution in [0, 0.1) is 0 Å². The highest BCUT2D eigenvalue weighted by Gasteiger charge is 2.30. The standard InChI is InChI=1S/C6H10O6S/c1-2-11-13(8,9)4-5-3-10-6(7)12-5/h5H,2-4H2,1H3. The van der Waals surface area contributed by atoms with Gasteiger partial charge in [-0.15, -0.1) is 0 Å². The molecule has 76 valence electrons. The van der Waals surface area contributed by atoms with E-state index in [1.165, 1.54) is 0 Å². The lowest BCUT2D eigenvalue weighted by Crippen LogP contribution is -2.24. The summed E-state index contributed by atoms with van der Waals surface area (Å²) in [5, 5.41) is 0. The van der Waals surface area contributed by atoms with Gasteiger partial charge in [-0.3, -0.25) is 4.18 Å². The van der Waals surface area contributed by atoms with Gasteiger partial charge in [-0.1, -0.05) is 0 Å². The smallest absolute Gasteiger partial charge is 0.430 e. The first-order valence-electron chi connectivity index (χ1n) is 3.74. The van der Waals surface area contributed by atoms with Crippen molar-refractivity contribution in [3.8, 4) is 0 Å². The van der Waals surface area contributed by atoms with Crippen molar-refractivity contribution in [2.24, 2.45) is 0 Å². The molecule has 13 heavy (non-hydrogen) atoms. The summed E-state index contributed by atoms with van der Waals surface area (Å²) in [6, 6.07) is 0. The van der Waals surface area contributed by atoms with Crippen molar-refractivity contribution in [3.05, 3.63) is 0 Å². The third-order valence-electron chi connectivity index (χ3n) is 1.34. The number of hydrogen-bond acceptors (Lipinski definition) is 6. The van der Waals surface area contributed by atoms with Crippen LogP contribution in [-0.2, 0) is 23.8 Å². The Morgan fingerprint density at radius 1 is 1.62 bits per heavy atom. The van der Waals surface area contributed by atoms with E-state index in [9.17, 15) is 13.2 Å². The molecule has 0 radical (unpaired) electrons. The van der Waals surface area contributed by atoms with Crippen LogP contribution in [0.15, 0.2) is 0 Å². The maximum atomic E-state index is 11.0. The summed E-state index contributed by atoms with van der Waals surface area (Å²) < 4.78 is 35.4. The maximum Gasteiger partial charge on any atom is 0.508 e. The summed E-state index contributed by atoms with van der Waals surface area (Å²) >= 11 is 0. The van der Waals surface area contributed by atoms with Crippen LogP contribution >= 0.6 is 0 Å². The largest absolute Gasteiger partial charge is 0.508 e. The van der Waals surface area contributed by atoms with E-state index in [1.807, 2.05) is 0 Å². The van der Waals surface area contributed by atoms with Gasteiger partial charge in [-0.2, -0.15) is 8.42 Å². The van der Waals surface area contributed by atoms with Crippen LogP contribution in [0.3, 0.4) is 0 Å². The molecular formula is C6H10O6S. The van der Waals surface area contributed by atoms with Crippen molar-refractivity contribution in [2.45, 2.75) is 13.0 Å². The van der Waals surface area contributed by atoms with E-state index < -0.39 is 22.4 Å². The lowest BCUT2D eigenvalue weighted by Gasteiger charge is -2.06. The fourth-order valence-corrected chi connectivity index (χ4v) is 1.98. The Morgan fingerprint density at radius 3 is 2.77 bits per heavy atom. The molecule has 1 atom stereocenters. The van der Waals surface area contributed by atoms with Crippen LogP contribution < -0.4 is 0 Å². The van der Waals surface area contributed by atoms with Gasteiger partial charge in [0.25, 0.3) is 10.1 Å². The second-order valence-corrected chi connectivity index (χ2v) is 4.12. The summed E-state index contributed by atoms with van der Waals surface area (Å²) in [5.74, 6) is -0.355. The lowest BCUT2D eigenvalue weighted by molar-refractivity contribution is 0.121. The quantitative estimate of drug-likeness (QED) is 0.475. The van der Waals surface area contributed by atoms with Gasteiger partial charge < -0.3 is 9.47 Å². The van der Waals surface area contributed by atoms with Crippen LogP contribution in [0.5, 0.6) is 0 Å². The SMILES string of the molecule is CCOS(=O)(=O)CC1COC(=O)O1. The van der Waals surface area contributed by atoms with Crippen LogP contribution in [0.2, 0.25) is 0 Å². The van der Waals surface area contributed by atoms with E-state index in [1.54, 1.807) is 6.92 Å². The highest BCUT2D eigenvalue weighted by molar-refractivity contribution is 7.86. The molecule has 0 aromatic rings. The van der Waals surface area contributed by atoms with Crippen molar-refractivity contribution in [3.63, 3.8) is 0 Å². The molecule has 6 nitrogen and oxygen atoms in total. The summed E-state index contributed by atoms with van der Waals surface area (Å²) in [5.41, 5.74) is 0. The van der Waals surface area contributed by atoms with Gasteiger partial charge in [0.2, 0.25) is 0 Å². The molecule has 0 N–H and O–H groups in total. The van der Waals surface area contributed by atoms with E-state index in [0.717, 1.165) is 0 Å². The van der Waals surface area contributed by atoms with Crippen LogP contribution in [0.4, 0.5) is 4.79 Å². The molecule has 0 saturated carbocycles. The Hall–Kier alpha value is -0.820. The predicted octanol–water partition coefficient (Wildman–Crippen LogP) is -0.112. The number of carbonyl (C=O) groups is 1. The predicted molar refractivity (Wildman–Crippen MR) is 41.6 cm³/mol. The molecule has 7 heteroatoms. The average Bonchev–Trinajstić information content (AvgIpc) is 2.34. The first kappa shape index (κ1) is 10.3. The third-order valence-corrected chi connectivity index (χ3v) is 2.71. The van der Waals surface area contributed by atoms with Crippen LogP contribution in [-0.4, -0.2) is 39.6 Å². The van der Waals surface area contributed by atoms with Gasteiger partial charge in [0.1, 0.15) is 12.4 Å². The van der Waals surface area contributed by atoms with Gasteiger partial charge in [0.05, 0.1) is 6.61 Å². The number of ether oxygens (including phenoxy) is 2. The summed E-state index contributed by atoms with van der Waals surface area (Å²) in [6.45, 7) is 1.60. The Bertz CT molecular complexity index is 281. The number of carbonyl (C=O) groups excluding carboxylic acids is 1. The van der Waals surface area contributed by atoms with Gasteiger partial charge in [-0.25, -0.2) is 4.79 Å². The fraction of sp³-hybridized carbons (Fsp3) is 0.833. The Labute approximate surface area is 75.9 Å². The molecule has 0 aromatic carbocycles. The topological polar surface area (TPSA) is 78.9 Å². The average molecular weight is 210 g/mol. The maximum absolute atomic E-state index is 11.0. The van der Waals surface area contributed by atoms with Gasteiger partial charge in [0.15, 0.2) is 6.10 Å². The number of cyclic esters (lactones) is 2. The van der Waals surface area contributed by atoms with Crippen molar-refractivity contribution >= 4 is 16.3 Å². The summed E-state index contributed by atoms with van der Waals surface area (Å²) in [4.78, 5) is 10.4. The second-order valence-electron chi connectivity index (χ2n) is 2.43. The van der Waals surface area contributed by atoms with Gasteiger partial charge >= 0.3 is 6.16 Å². The molecule has 1 heterocycles. The van der Waals surface area contributed by atoms with Gasteiger partial charge in [0, 0.05) is 0 Å². The van der Waals surface area contributed by atoms with Crippen molar-refractivity contribution in [1.82, 2.24) is 0 Å². The van der Waals surface area contributed by atoms with Crippen LogP contribution in [0.1, 0.15) is 6.92 Å². The molecule has 0 amide bonds. The minimum atomic E-state index is -3.60.